The van der Waals surface area contributed by atoms with E-state index in [1.807, 2.05) is 20.8 Å². The number of carbonyl (C=O) groups is 1. The Kier molecular flexibility index (Phi) is 11.3. The Morgan fingerprint density at radius 3 is 2.34 bits per heavy atom. The van der Waals surface area contributed by atoms with Gasteiger partial charge < -0.3 is 20.3 Å². The fourth-order valence-electron chi connectivity index (χ4n) is 3.04. The van der Waals surface area contributed by atoms with Gasteiger partial charge in [-0.25, -0.2) is 4.39 Å². The van der Waals surface area contributed by atoms with Crippen molar-refractivity contribution in [2.45, 2.75) is 32.9 Å². The van der Waals surface area contributed by atoms with Crippen LogP contribution >= 0.6 is 24.0 Å². The van der Waals surface area contributed by atoms with Gasteiger partial charge in [-0.3, -0.25) is 14.7 Å². The van der Waals surface area contributed by atoms with Crippen LogP contribution in [0.3, 0.4) is 0 Å². The third kappa shape index (κ3) is 9.16. The van der Waals surface area contributed by atoms with E-state index in [1.165, 1.54) is 12.1 Å². The van der Waals surface area contributed by atoms with Crippen LogP contribution in [0.1, 0.15) is 20.8 Å². The van der Waals surface area contributed by atoms with Gasteiger partial charge in [-0.1, -0.05) is 0 Å². The number of hydrogen-bond donors (Lipinski definition) is 2. The van der Waals surface area contributed by atoms with E-state index in [4.69, 9.17) is 4.74 Å². The average molecular weight is 521 g/mol. The zero-order valence-corrected chi connectivity index (χ0v) is 20.0. The highest BCUT2D eigenvalue weighted by Gasteiger charge is 2.21. The Morgan fingerprint density at radius 1 is 1.17 bits per heavy atom. The minimum atomic E-state index is -0.278. The lowest BCUT2D eigenvalue weighted by Gasteiger charge is -2.36. The average Bonchev–Trinajstić information content (AvgIpc) is 2.64. The molecule has 1 atom stereocenters. The number of ether oxygens (including phenoxy) is 1. The molecular weight excluding hydrogens is 488 g/mol. The molecule has 164 valence electrons. The second-order valence-electron chi connectivity index (χ2n) is 7.30. The molecule has 1 heterocycles. The van der Waals surface area contributed by atoms with Gasteiger partial charge >= 0.3 is 0 Å². The van der Waals surface area contributed by atoms with Gasteiger partial charge in [0.25, 0.3) is 0 Å². The van der Waals surface area contributed by atoms with E-state index in [9.17, 15) is 9.18 Å². The first-order chi connectivity index (χ1) is 13.4. The highest BCUT2D eigenvalue weighted by atomic mass is 127. The summed E-state index contributed by atoms with van der Waals surface area (Å²) in [5.74, 6) is 1.25. The molecule has 1 aromatic carbocycles. The SMILES string of the molecule is CN=C(NCC(C)Oc1ccc(F)cc1)N1CCN(CC(=O)NC(C)C)CC1.I. The lowest BCUT2D eigenvalue weighted by atomic mass is 10.3. The third-order valence-corrected chi connectivity index (χ3v) is 4.40. The summed E-state index contributed by atoms with van der Waals surface area (Å²) in [7, 11) is 1.76. The molecule has 0 aromatic heterocycles. The number of halogens is 2. The van der Waals surface area contributed by atoms with Gasteiger partial charge in [-0.15, -0.1) is 24.0 Å². The number of benzene rings is 1. The van der Waals surface area contributed by atoms with Gasteiger partial charge in [0.1, 0.15) is 17.7 Å². The van der Waals surface area contributed by atoms with Gasteiger partial charge in [-0.2, -0.15) is 0 Å². The van der Waals surface area contributed by atoms with Crippen molar-refractivity contribution in [2.75, 3.05) is 46.3 Å². The van der Waals surface area contributed by atoms with Crippen LogP contribution in [0.25, 0.3) is 0 Å². The van der Waals surface area contributed by atoms with Crippen LogP contribution < -0.4 is 15.4 Å². The molecule has 7 nitrogen and oxygen atoms in total. The minimum absolute atomic E-state index is 0. The van der Waals surface area contributed by atoms with Gasteiger partial charge in [-0.05, 0) is 45.0 Å². The molecule has 2 rings (SSSR count). The lowest BCUT2D eigenvalue weighted by Crippen LogP contribution is -2.55. The molecule has 1 aromatic rings. The highest BCUT2D eigenvalue weighted by molar-refractivity contribution is 14.0. The Hall–Kier alpha value is -1.62. The van der Waals surface area contributed by atoms with Gasteiger partial charge in [0.05, 0.1) is 13.1 Å². The third-order valence-electron chi connectivity index (χ3n) is 4.40. The largest absolute Gasteiger partial charge is 0.489 e. The Morgan fingerprint density at radius 2 is 1.79 bits per heavy atom. The van der Waals surface area contributed by atoms with Crippen molar-refractivity contribution in [1.82, 2.24) is 20.4 Å². The number of carbonyl (C=O) groups excluding carboxylic acids is 1. The van der Waals surface area contributed by atoms with Gasteiger partial charge in [0.15, 0.2) is 5.96 Å². The van der Waals surface area contributed by atoms with Crippen molar-refractivity contribution in [3.05, 3.63) is 30.1 Å². The van der Waals surface area contributed by atoms with Crippen molar-refractivity contribution >= 4 is 35.8 Å². The molecule has 0 saturated carbocycles. The van der Waals surface area contributed by atoms with E-state index in [0.29, 0.717) is 18.8 Å². The van der Waals surface area contributed by atoms with Crippen LogP contribution in [-0.2, 0) is 4.79 Å². The number of aliphatic imine (C=N–C) groups is 1. The second kappa shape index (κ2) is 12.8. The molecule has 1 fully saturated rings. The second-order valence-corrected chi connectivity index (χ2v) is 7.30. The maximum atomic E-state index is 13.0. The summed E-state index contributed by atoms with van der Waals surface area (Å²) in [6.45, 7) is 10.1. The number of guanidine groups is 1. The zero-order valence-electron chi connectivity index (χ0n) is 17.7. The first-order valence-corrected chi connectivity index (χ1v) is 9.77. The lowest BCUT2D eigenvalue weighted by molar-refractivity contribution is -0.123. The van der Waals surface area contributed by atoms with E-state index in [0.717, 1.165) is 32.1 Å². The van der Waals surface area contributed by atoms with Crippen LogP contribution in [0.4, 0.5) is 4.39 Å². The predicted octanol–water partition coefficient (Wildman–Crippen LogP) is 1.93. The molecule has 0 radical (unpaired) electrons. The number of nitrogens with one attached hydrogen (secondary N) is 2. The van der Waals surface area contributed by atoms with Crippen LogP contribution in [0.15, 0.2) is 29.3 Å². The quantitative estimate of drug-likeness (QED) is 0.326. The molecule has 1 saturated heterocycles. The fourth-order valence-corrected chi connectivity index (χ4v) is 3.04. The number of amides is 1. The molecule has 1 unspecified atom stereocenters. The van der Waals surface area contributed by atoms with Crippen molar-refractivity contribution in [2.24, 2.45) is 4.99 Å². The van der Waals surface area contributed by atoms with E-state index >= 15 is 0 Å². The van der Waals surface area contributed by atoms with Crippen molar-refractivity contribution in [3.8, 4) is 5.75 Å². The molecule has 2 N–H and O–H groups in total. The molecule has 9 heteroatoms. The zero-order chi connectivity index (χ0) is 20.5. The standard InChI is InChI=1S/C20H32FN5O2.HI/c1-15(2)24-19(27)14-25-9-11-26(12-10-25)20(22-4)23-13-16(3)28-18-7-5-17(21)6-8-18;/h5-8,15-16H,9-14H2,1-4H3,(H,22,23)(H,24,27);1H. The maximum absolute atomic E-state index is 13.0. The Balaban J connectivity index is 0.00000420. The van der Waals surface area contributed by atoms with E-state index in [-0.39, 0.29) is 47.8 Å². The smallest absolute Gasteiger partial charge is 0.234 e. The molecule has 1 amide bonds. The number of hydrogen-bond acceptors (Lipinski definition) is 4. The Bertz CT molecular complexity index is 649. The normalized spacial score (nSPS) is 16.2. The first-order valence-electron chi connectivity index (χ1n) is 9.77. The summed E-state index contributed by atoms with van der Waals surface area (Å²) < 4.78 is 18.8. The van der Waals surface area contributed by atoms with Crippen LogP contribution in [0.2, 0.25) is 0 Å². The summed E-state index contributed by atoms with van der Waals surface area (Å²) in [4.78, 5) is 20.6. The van der Waals surface area contributed by atoms with Crippen molar-refractivity contribution in [3.63, 3.8) is 0 Å². The van der Waals surface area contributed by atoms with Crippen molar-refractivity contribution in [1.29, 1.82) is 0 Å². The van der Waals surface area contributed by atoms with Gasteiger partial charge in [0.2, 0.25) is 5.91 Å². The van der Waals surface area contributed by atoms with E-state index in [2.05, 4.69) is 25.4 Å². The summed E-state index contributed by atoms with van der Waals surface area (Å²) >= 11 is 0. The molecule has 29 heavy (non-hydrogen) atoms. The number of rotatable bonds is 7. The maximum Gasteiger partial charge on any atom is 0.234 e. The topological polar surface area (TPSA) is 69.2 Å². The monoisotopic (exact) mass is 521 g/mol. The number of piperazine rings is 1. The summed E-state index contributed by atoms with van der Waals surface area (Å²) in [5.41, 5.74) is 0. The molecule has 1 aliphatic rings. The highest BCUT2D eigenvalue weighted by Crippen LogP contribution is 2.12. The summed E-state index contributed by atoms with van der Waals surface area (Å²) in [6, 6.07) is 6.17. The molecule has 1 aliphatic heterocycles. The molecule has 0 spiro atoms. The predicted molar refractivity (Wildman–Crippen MR) is 125 cm³/mol. The van der Waals surface area contributed by atoms with Crippen LogP contribution in [-0.4, -0.2) is 80.1 Å². The molecule has 0 aliphatic carbocycles. The molecular formula is C20H33FIN5O2. The minimum Gasteiger partial charge on any atom is -0.489 e. The number of nitrogens with zero attached hydrogens (tertiary/aromatic N) is 3. The van der Waals surface area contributed by atoms with E-state index < -0.39 is 0 Å². The van der Waals surface area contributed by atoms with Crippen molar-refractivity contribution < 1.29 is 13.9 Å². The van der Waals surface area contributed by atoms with Gasteiger partial charge in [0, 0.05) is 39.3 Å². The summed E-state index contributed by atoms with van der Waals surface area (Å²) in [5, 5.41) is 6.26. The summed E-state index contributed by atoms with van der Waals surface area (Å²) in [6.07, 6.45) is -0.0942. The fraction of sp³-hybridized carbons (Fsp3) is 0.600. The first kappa shape index (κ1) is 25.4. The molecule has 0 bridgehead atoms. The van der Waals surface area contributed by atoms with Crippen LogP contribution in [0.5, 0.6) is 5.75 Å². The Labute approximate surface area is 190 Å². The van der Waals surface area contributed by atoms with Crippen LogP contribution in [0, 0.1) is 5.82 Å². The van der Waals surface area contributed by atoms with E-state index in [1.54, 1.807) is 19.2 Å².